The third-order valence-electron chi connectivity index (χ3n) is 5.09. The summed E-state index contributed by atoms with van der Waals surface area (Å²) in [6.45, 7) is 18.1. The molecule has 2 rings (SSSR count). The van der Waals surface area contributed by atoms with Crippen LogP contribution in [0.25, 0.3) is 0 Å². The van der Waals surface area contributed by atoms with Crippen molar-refractivity contribution < 1.29 is 9.90 Å². The molecule has 4 nitrogen and oxygen atoms in total. The highest BCUT2D eigenvalue weighted by Crippen LogP contribution is 2.40. The number of phenols is 1. The number of ketones is 1. The molecule has 0 spiro atoms. The summed E-state index contributed by atoms with van der Waals surface area (Å²) in [6.07, 6.45) is 0. The second-order valence-corrected chi connectivity index (χ2v) is 9.25. The number of carbonyl (C=O) groups is 1. The average Bonchev–Trinajstić information content (AvgIpc) is 2.52. The molecular formula is C21H34N2O2. The van der Waals surface area contributed by atoms with E-state index < -0.39 is 0 Å². The van der Waals surface area contributed by atoms with E-state index in [1.54, 1.807) is 0 Å². The van der Waals surface area contributed by atoms with Crippen LogP contribution in [0.1, 0.15) is 70.0 Å². The average molecular weight is 347 g/mol. The number of hydrogen-bond donors (Lipinski definition) is 2. The molecule has 25 heavy (non-hydrogen) atoms. The Morgan fingerprint density at radius 2 is 1.48 bits per heavy atom. The van der Waals surface area contributed by atoms with Crippen LogP contribution in [-0.4, -0.2) is 48.0 Å². The van der Waals surface area contributed by atoms with Gasteiger partial charge in [0.2, 0.25) is 0 Å². The first-order valence-corrected chi connectivity index (χ1v) is 9.30. The van der Waals surface area contributed by atoms with Gasteiger partial charge in [0.15, 0.2) is 5.78 Å². The molecule has 0 radical (unpaired) electrons. The van der Waals surface area contributed by atoms with Gasteiger partial charge in [-0.05, 0) is 29.9 Å². The van der Waals surface area contributed by atoms with Crippen LogP contribution in [0.2, 0.25) is 0 Å². The lowest BCUT2D eigenvalue weighted by atomic mass is 9.77. The molecule has 1 aromatic carbocycles. The zero-order valence-electron chi connectivity index (χ0n) is 16.9. The van der Waals surface area contributed by atoms with Gasteiger partial charge in [0.1, 0.15) is 5.75 Å². The van der Waals surface area contributed by atoms with Gasteiger partial charge in [0.05, 0.1) is 6.04 Å². The van der Waals surface area contributed by atoms with Gasteiger partial charge in [-0.15, -0.1) is 0 Å². The molecule has 0 bridgehead atoms. The van der Waals surface area contributed by atoms with Crippen LogP contribution in [0.4, 0.5) is 0 Å². The number of phenolic OH excluding ortho intramolecular Hbond substituents is 1. The predicted molar refractivity (Wildman–Crippen MR) is 104 cm³/mol. The third-order valence-corrected chi connectivity index (χ3v) is 5.09. The first kappa shape index (κ1) is 19.9. The Bertz CT molecular complexity index is 597. The molecule has 1 aromatic rings. The van der Waals surface area contributed by atoms with Crippen molar-refractivity contribution >= 4 is 5.78 Å². The lowest BCUT2D eigenvalue weighted by Crippen LogP contribution is -2.50. The smallest absolute Gasteiger partial charge is 0.179 e. The second kappa shape index (κ2) is 7.08. The van der Waals surface area contributed by atoms with Crippen molar-refractivity contribution in [2.45, 2.75) is 65.3 Å². The molecule has 1 fully saturated rings. The number of nitrogens with one attached hydrogen (secondary N) is 1. The molecule has 1 atom stereocenters. The van der Waals surface area contributed by atoms with Crippen molar-refractivity contribution in [2.75, 3.05) is 26.2 Å². The summed E-state index contributed by atoms with van der Waals surface area (Å²) in [7, 11) is 0. The molecule has 1 aliphatic rings. The van der Waals surface area contributed by atoms with E-state index in [0.29, 0.717) is 11.3 Å². The number of carbonyl (C=O) groups excluding carboxylic acids is 1. The minimum absolute atomic E-state index is 0.137. The summed E-state index contributed by atoms with van der Waals surface area (Å²) in [5.74, 6) is 0.462. The van der Waals surface area contributed by atoms with Crippen molar-refractivity contribution in [3.63, 3.8) is 0 Å². The fourth-order valence-electron chi connectivity index (χ4n) is 3.40. The summed E-state index contributed by atoms with van der Waals surface area (Å²) in [5, 5.41) is 14.2. The summed E-state index contributed by atoms with van der Waals surface area (Å²) in [6, 6.07) is 3.64. The first-order valence-electron chi connectivity index (χ1n) is 9.30. The van der Waals surface area contributed by atoms with Gasteiger partial charge in [-0.2, -0.15) is 0 Å². The monoisotopic (exact) mass is 346 g/mol. The van der Waals surface area contributed by atoms with E-state index in [4.69, 9.17) is 0 Å². The molecular weight excluding hydrogens is 312 g/mol. The van der Waals surface area contributed by atoms with Crippen molar-refractivity contribution in [1.29, 1.82) is 0 Å². The number of Topliss-reactive ketones (excluding diaryl/α,β-unsaturated/α-hetero) is 1. The van der Waals surface area contributed by atoms with E-state index in [2.05, 4.69) is 51.8 Å². The van der Waals surface area contributed by atoms with E-state index in [0.717, 1.165) is 37.3 Å². The molecule has 0 saturated carbocycles. The quantitative estimate of drug-likeness (QED) is 0.823. The van der Waals surface area contributed by atoms with E-state index >= 15 is 0 Å². The maximum absolute atomic E-state index is 13.2. The summed E-state index contributed by atoms with van der Waals surface area (Å²) in [5.41, 5.74) is 1.95. The molecule has 1 aliphatic heterocycles. The van der Waals surface area contributed by atoms with Gasteiger partial charge in [0, 0.05) is 42.9 Å². The molecule has 0 aromatic heterocycles. The minimum atomic E-state index is -0.224. The summed E-state index contributed by atoms with van der Waals surface area (Å²) >= 11 is 0. The molecule has 1 saturated heterocycles. The van der Waals surface area contributed by atoms with Crippen LogP contribution in [0.15, 0.2) is 12.1 Å². The fraction of sp³-hybridized carbons (Fsp3) is 0.667. The zero-order chi connectivity index (χ0) is 19.0. The number of aromatic hydroxyl groups is 1. The van der Waals surface area contributed by atoms with E-state index in [1.807, 2.05) is 19.1 Å². The molecule has 2 N–H and O–H groups in total. The van der Waals surface area contributed by atoms with Crippen LogP contribution < -0.4 is 5.32 Å². The molecule has 140 valence electrons. The normalized spacial score (nSPS) is 18.2. The maximum Gasteiger partial charge on any atom is 0.179 e. The Labute approximate surface area is 152 Å². The van der Waals surface area contributed by atoms with Crippen molar-refractivity contribution in [3.05, 3.63) is 28.8 Å². The second-order valence-electron chi connectivity index (χ2n) is 9.25. The van der Waals surface area contributed by atoms with Crippen molar-refractivity contribution in [1.82, 2.24) is 10.2 Å². The lowest BCUT2D eigenvalue weighted by Gasteiger charge is -2.33. The number of hydrogen-bond acceptors (Lipinski definition) is 4. The Morgan fingerprint density at radius 3 is 1.88 bits per heavy atom. The standard InChI is InChI=1S/C21H34N2O2/c1-14(23-10-8-22-9-11-23)18(24)15-12-16(20(2,3)4)19(25)17(13-15)21(5,6)7/h12-14,22,25H,8-11H2,1-7H3. The Kier molecular flexibility index (Phi) is 5.65. The number of benzene rings is 1. The topological polar surface area (TPSA) is 52.6 Å². The number of nitrogens with zero attached hydrogens (tertiary/aromatic N) is 1. The van der Waals surface area contributed by atoms with Crippen LogP contribution >= 0.6 is 0 Å². The highest BCUT2D eigenvalue weighted by Gasteiger charge is 2.30. The highest BCUT2D eigenvalue weighted by atomic mass is 16.3. The molecule has 4 heteroatoms. The minimum Gasteiger partial charge on any atom is -0.507 e. The van der Waals surface area contributed by atoms with Crippen molar-refractivity contribution in [2.24, 2.45) is 0 Å². The van der Waals surface area contributed by atoms with Gasteiger partial charge in [0.25, 0.3) is 0 Å². The SMILES string of the molecule is CC(C(=O)c1cc(C(C)(C)C)c(O)c(C(C)(C)C)c1)N1CCNCC1. The van der Waals surface area contributed by atoms with Crippen LogP contribution in [0, 0.1) is 0 Å². The highest BCUT2D eigenvalue weighted by molar-refractivity contribution is 6.00. The van der Waals surface area contributed by atoms with Crippen LogP contribution in [0.3, 0.4) is 0 Å². The maximum atomic E-state index is 13.2. The van der Waals surface area contributed by atoms with Gasteiger partial charge in [-0.25, -0.2) is 0 Å². The van der Waals surface area contributed by atoms with E-state index in [-0.39, 0.29) is 22.7 Å². The van der Waals surface area contributed by atoms with E-state index in [9.17, 15) is 9.90 Å². The molecule has 0 amide bonds. The number of piperazine rings is 1. The van der Waals surface area contributed by atoms with Gasteiger partial charge in [-0.1, -0.05) is 41.5 Å². The largest absolute Gasteiger partial charge is 0.507 e. The van der Waals surface area contributed by atoms with Gasteiger partial charge >= 0.3 is 0 Å². The molecule has 0 aliphatic carbocycles. The Hall–Kier alpha value is -1.39. The first-order chi connectivity index (χ1) is 11.4. The fourth-order valence-corrected chi connectivity index (χ4v) is 3.40. The predicted octanol–water partition coefficient (Wildman–Crippen LogP) is 3.46. The van der Waals surface area contributed by atoms with Crippen LogP contribution in [0.5, 0.6) is 5.75 Å². The Morgan fingerprint density at radius 1 is 1.04 bits per heavy atom. The molecule has 1 unspecified atom stereocenters. The summed E-state index contributed by atoms with van der Waals surface area (Å²) < 4.78 is 0. The zero-order valence-corrected chi connectivity index (χ0v) is 16.9. The summed E-state index contributed by atoms with van der Waals surface area (Å²) in [4.78, 5) is 15.4. The van der Waals surface area contributed by atoms with E-state index in [1.165, 1.54) is 0 Å². The molecule has 1 heterocycles. The van der Waals surface area contributed by atoms with Gasteiger partial charge < -0.3 is 10.4 Å². The number of rotatable bonds is 3. The van der Waals surface area contributed by atoms with Crippen molar-refractivity contribution in [3.8, 4) is 5.75 Å². The third kappa shape index (κ3) is 4.42. The lowest BCUT2D eigenvalue weighted by molar-refractivity contribution is 0.0820. The van der Waals surface area contributed by atoms with Gasteiger partial charge in [-0.3, -0.25) is 9.69 Å². The van der Waals surface area contributed by atoms with Crippen LogP contribution in [-0.2, 0) is 10.8 Å². The Balaban J connectivity index is 2.47.